The second-order valence-corrected chi connectivity index (χ2v) is 6.47. The molecular weight excluding hydrogens is 438 g/mol. The van der Waals surface area contributed by atoms with Crippen LogP contribution >= 0.6 is 0 Å². The Kier molecular flexibility index (Phi) is 6.97. The van der Waals surface area contributed by atoms with E-state index in [1.807, 2.05) is 6.07 Å². The minimum Gasteiger partial charge on any atom is -0.496 e. The summed E-state index contributed by atoms with van der Waals surface area (Å²) in [5.41, 5.74) is -0.953. The molecule has 0 spiro atoms. The maximum Gasteiger partial charge on any atom is 0.573 e. The van der Waals surface area contributed by atoms with E-state index in [9.17, 15) is 26.3 Å². The van der Waals surface area contributed by atoms with Gasteiger partial charge in [-0.3, -0.25) is 0 Å². The van der Waals surface area contributed by atoms with E-state index in [1.54, 1.807) is 48.5 Å². The SMILES string of the molecule is FC(F)(F)Oc1ccc(/C(=C/OCc2cccc(Oc3ccccc3)c2)C(F)(F)F)cc1. The average Bonchev–Trinajstić information content (AvgIpc) is 2.71. The van der Waals surface area contributed by atoms with Gasteiger partial charge in [0.05, 0.1) is 11.8 Å². The highest BCUT2D eigenvalue weighted by atomic mass is 19.4. The molecule has 0 fully saturated rings. The van der Waals surface area contributed by atoms with Gasteiger partial charge in [-0.2, -0.15) is 13.2 Å². The number of alkyl halides is 6. The van der Waals surface area contributed by atoms with Crippen molar-refractivity contribution >= 4 is 5.57 Å². The predicted octanol–water partition coefficient (Wildman–Crippen LogP) is 7.50. The summed E-state index contributed by atoms with van der Waals surface area (Å²) in [7, 11) is 0. The fourth-order valence-corrected chi connectivity index (χ4v) is 2.68. The summed E-state index contributed by atoms with van der Waals surface area (Å²) >= 11 is 0. The fourth-order valence-electron chi connectivity index (χ4n) is 2.68. The van der Waals surface area contributed by atoms with E-state index >= 15 is 0 Å². The Morgan fingerprint density at radius 3 is 2.00 bits per heavy atom. The van der Waals surface area contributed by atoms with Gasteiger partial charge in [0.1, 0.15) is 23.9 Å². The molecular formula is C23H16F6O3. The van der Waals surface area contributed by atoms with Crippen molar-refractivity contribution in [2.24, 2.45) is 0 Å². The zero-order valence-corrected chi connectivity index (χ0v) is 16.3. The summed E-state index contributed by atoms with van der Waals surface area (Å²) in [5.74, 6) is 0.458. The monoisotopic (exact) mass is 454 g/mol. The average molecular weight is 454 g/mol. The highest BCUT2D eigenvalue weighted by molar-refractivity contribution is 5.69. The third-order valence-electron chi connectivity index (χ3n) is 4.03. The van der Waals surface area contributed by atoms with Gasteiger partial charge < -0.3 is 14.2 Å². The summed E-state index contributed by atoms with van der Waals surface area (Å²) in [6, 6.07) is 18.9. The molecule has 0 saturated heterocycles. The van der Waals surface area contributed by atoms with Crippen molar-refractivity contribution in [2.75, 3.05) is 0 Å². The lowest BCUT2D eigenvalue weighted by atomic mass is 10.1. The molecule has 0 aliphatic carbocycles. The number of hydrogen-bond acceptors (Lipinski definition) is 3. The molecule has 9 heteroatoms. The summed E-state index contributed by atoms with van der Waals surface area (Å²) in [6.45, 7) is -0.180. The van der Waals surface area contributed by atoms with Crippen LogP contribution in [-0.4, -0.2) is 12.5 Å². The Morgan fingerprint density at radius 1 is 0.719 bits per heavy atom. The molecule has 32 heavy (non-hydrogen) atoms. The van der Waals surface area contributed by atoms with Crippen molar-refractivity contribution in [1.82, 2.24) is 0 Å². The van der Waals surface area contributed by atoms with E-state index in [4.69, 9.17) is 9.47 Å². The largest absolute Gasteiger partial charge is 0.573 e. The van der Waals surface area contributed by atoms with E-state index in [0.29, 0.717) is 23.3 Å². The van der Waals surface area contributed by atoms with Crippen LogP contribution in [0.5, 0.6) is 17.2 Å². The Balaban J connectivity index is 1.70. The van der Waals surface area contributed by atoms with Gasteiger partial charge in [0.25, 0.3) is 0 Å². The second-order valence-electron chi connectivity index (χ2n) is 6.47. The van der Waals surface area contributed by atoms with Crippen LogP contribution in [0.25, 0.3) is 5.57 Å². The molecule has 0 aromatic heterocycles. The zero-order chi connectivity index (χ0) is 23.2. The summed E-state index contributed by atoms with van der Waals surface area (Å²) in [6.07, 6.45) is -9.19. The zero-order valence-electron chi connectivity index (χ0n) is 16.3. The molecule has 0 saturated carbocycles. The number of para-hydroxylation sites is 1. The predicted molar refractivity (Wildman–Crippen MR) is 105 cm³/mol. The first-order chi connectivity index (χ1) is 15.1. The topological polar surface area (TPSA) is 27.7 Å². The highest BCUT2D eigenvalue weighted by Crippen LogP contribution is 2.35. The quantitative estimate of drug-likeness (QED) is 0.273. The number of rotatable bonds is 7. The molecule has 0 aliphatic heterocycles. The van der Waals surface area contributed by atoms with Crippen LogP contribution in [0.4, 0.5) is 26.3 Å². The van der Waals surface area contributed by atoms with Gasteiger partial charge in [-0.15, -0.1) is 13.2 Å². The number of halogens is 6. The van der Waals surface area contributed by atoms with Crippen LogP contribution in [0.15, 0.2) is 85.1 Å². The lowest BCUT2D eigenvalue weighted by molar-refractivity contribution is -0.274. The normalized spacial score (nSPS) is 12.4. The first kappa shape index (κ1) is 23.1. The van der Waals surface area contributed by atoms with Gasteiger partial charge in [0.15, 0.2) is 0 Å². The van der Waals surface area contributed by atoms with Crippen molar-refractivity contribution in [3.63, 3.8) is 0 Å². The molecule has 0 atom stereocenters. The summed E-state index contributed by atoms with van der Waals surface area (Å²) in [4.78, 5) is 0. The standard InChI is InChI=1S/C23H16F6O3/c24-22(25,26)21(17-9-11-19(12-10-17)32-23(27,28)29)15-30-14-16-5-4-8-20(13-16)31-18-6-2-1-3-7-18/h1-13,15H,14H2/b21-15-. The Labute approximate surface area is 179 Å². The maximum atomic E-state index is 13.4. The van der Waals surface area contributed by atoms with Gasteiger partial charge in [0.2, 0.25) is 0 Å². The minimum atomic E-state index is -4.94. The van der Waals surface area contributed by atoms with Crippen molar-refractivity contribution in [1.29, 1.82) is 0 Å². The fraction of sp³-hybridized carbons (Fsp3) is 0.130. The Bertz CT molecular complexity index is 1040. The molecule has 0 amide bonds. The van der Waals surface area contributed by atoms with E-state index < -0.39 is 23.9 Å². The third-order valence-corrected chi connectivity index (χ3v) is 4.03. The van der Waals surface area contributed by atoms with Crippen LogP contribution < -0.4 is 9.47 Å². The van der Waals surface area contributed by atoms with E-state index in [2.05, 4.69) is 4.74 Å². The van der Waals surface area contributed by atoms with Gasteiger partial charge in [0, 0.05) is 0 Å². The van der Waals surface area contributed by atoms with Crippen LogP contribution in [0.2, 0.25) is 0 Å². The van der Waals surface area contributed by atoms with Crippen LogP contribution in [0, 0.1) is 0 Å². The molecule has 168 valence electrons. The molecule has 0 bridgehead atoms. The van der Waals surface area contributed by atoms with E-state index in [0.717, 1.165) is 24.3 Å². The highest BCUT2D eigenvalue weighted by Gasteiger charge is 2.36. The van der Waals surface area contributed by atoms with Gasteiger partial charge >= 0.3 is 12.5 Å². The Hall–Kier alpha value is -3.62. The minimum absolute atomic E-state index is 0.180. The molecule has 3 nitrogen and oxygen atoms in total. The lowest BCUT2D eigenvalue weighted by Crippen LogP contribution is -2.17. The maximum absolute atomic E-state index is 13.4. The Morgan fingerprint density at radius 2 is 1.38 bits per heavy atom. The molecule has 0 heterocycles. The molecule has 3 rings (SSSR count). The number of allylic oxidation sites excluding steroid dienone is 1. The number of benzene rings is 3. The molecule has 0 radical (unpaired) electrons. The second kappa shape index (κ2) is 9.67. The smallest absolute Gasteiger partial charge is 0.496 e. The first-order valence-corrected chi connectivity index (χ1v) is 9.17. The van der Waals surface area contributed by atoms with E-state index in [1.165, 1.54) is 0 Å². The van der Waals surface area contributed by atoms with Gasteiger partial charge in [-0.1, -0.05) is 42.5 Å². The van der Waals surface area contributed by atoms with Crippen LogP contribution in [0.1, 0.15) is 11.1 Å². The summed E-state index contributed by atoms with van der Waals surface area (Å²) < 4.78 is 91.4. The lowest BCUT2D eigenvalue weighted by Gasteiger charge is -2.14. The summed E-state index contributed by atoms with van der Waals surface area (Å²) in [5, 5.41) is 0. The molecule has 0 aliphatic rings. The molecule has 0 N–H and O–H groups in total. The van der Waals surface area contributed by atoms with Crippen LogP contribution in [-0.2, 0) is 11.3 Å². The van der Waals surface area contributed by atoms with Crippen molar-refractivity contribution < 1.29 is 40.6 Å². The first-order valence-electron chi connectivity index (χ1n) is 9.17. The van der Waals surface area contributed by atoms with Crippen molar-refractivity contribution in [3.8, 4) is 17.2 Å². The molecule has 3 aromatic rings. The van der Waals surface area contributed by atoms with Crippen molar-refractivity contribution in [3.05, 3.63) is 96.3 Å². The van der Waals surface area contributed by atoms with Crippen LogP contribution in [0.3, 0.4) is 0 Å². The van der Waals surface area contributed by atoms with Gasteiger partial charge in [-0.05, 0) is 47.5 Å². The van der Waals surface area contributed by atoms with Gasteiger partial charge in [-0.25, -0.2) is 0 Å². The molecule has 3 aromatic carbocycles. The third kappa shape index (κ3) is 6.97. The van der Waals surface area contributed by atoms with E-state index in [-0.39, 0.29) is 12.2 Å². The van der Waals surface area contributed by atoms with Crippen molar-refractivity contribution in [2.45, 2.75) is 19.1 Å². The molecule has 0 unspecified atom stereocenters. The number of ether oxygens (including phenoxy) is 3. The number of hydrogen-bond donors (Lipinski definition) is 0.